The van der Waals surface area contributed by atoms with E-state index >= 15 is 0 Å². The molecule has 2 N–H and O–H groups in total. The van der Waals surface area contributed by atoms with E-state index in [9.17, 15) is 4.79 Å². The van der Waals surface area contributed by atoms with Crippen molar-refractivity contribution >= 4 is 22.7 Å². The number of ether oxygens (including phenoxy) is 1. The first-order chi connectivity index (χ1) is 10.4. The number of carbonyl (C=O) groups is 1. The summed E-state index contributed by atoms with van der Waals surface area (Å²) in [4.78, 5) is 16.7. The van der Waals surface area contributed by atoms with Crippen LogP contribution in [0.3, 0.4) is 0 Å². The van der Waals surface area contributed by atoms with Crippen molar-refractivity contribution in [2.45, 2.75) is 32.3 Å². The van der Waals surface area contributed by atoms with Gasteiger partial charge >= 0.3 is 0 Å². The molecule has 0 bridgehead atoms. The normalized spacial score (nSPS) is 19.3. The van der Waals surface area contributed by atoms with Gasteiger partial charge in [0.1, 0.15) is 11.6 Å². The predicted molar refractivity (Wildman–Crippen MR) is 83.9 cm³/mol. The monoisotopic (exact) mass is 303 g/mol. The Kier molecular flexibility index (Phi) is 3.88. The van der Waals surface area contributed by atoms with Crippen LogP contribution in [-0.4, -0.2) is 36.7 Å². The van der Waals surface area contributed by atoms with Crippen LogP contribution in [0.2, 0.25) is 0 Å². The number of hydrogen-bond acceptors (Lipinski definition) is 5. The molecule has 0 saturated carbocycles. The summed E-state index contributed by atoms with van der Waals surface area (Å²) >= 11 is 0. The summed E-state index contributed by atoms with van der Waals surface area (Å²) in [6.45, 7) is 8.02. The molecule has 1 aromatic heterocycles. The number of carbonyl (C=O) groups excluding carboxylic acids is 1. The van der Waals surface area contributed by atoms with Crippen molar-refractivity contribution < 1.29 is 13.9 Å². The smallest absolute Gasteiger partial charge is 0.254 e. The van der Waals surface area contributed by atoms with Crippen LogP contribution in [0, 0.1) is 0 Å². The molecule has 3 rings (SSSR count). The van der Waals surface area contributed by atoms with Crippen LogP contribution >= 0.6 is 0 Å². The molecule has 6 nitrogen and oxygen atoms in total. The van der Waals surface area contributed by atoms with Crippen molar-refractivity contribution in [3.63, 3.8) is 0 Å². The van der Waals surface area contributed by atoms with Gasteiger partial charge in [-0.1, -0.05) is 20.8 Å². The summed E-state index contributed by atoms with van der Waals surface area (Å²) in [5, 5.41) is 6.00. The van der Waals surface area contributed by atoms with Crippen LogP contribution in [0.4, 0.5) is 5.69 Å². The molecule has 22 heavy (non-hydrogen) atoms. The first kappa shape index (κ1) is 15.0. The maximum atomic E-state index is 12.1. The molecule has 1 aromatic carbocycles. The summed E-state index contributed by atoms with van der Waals surface area (Å²) in [5.41, 5.74) is 2.01. The molecular formula is C16H21N3O3. The summed E-state index contributed by atoms with van der Waals surface area (Å²) in [6.07, 6.45) is -0.452. The van der Waals surface area contributed by atoms with E-state index in [1.165, 1.54) is 0 Å². The fourth-order valence-corrected chi connectivity index (χ4v) is 2.28. The van der Waals surface area contributed by atoms with Crippen LogP contribution in [0.15, 0.2) is 22.6 Å². The van der Waals surface area contributed by atoms with E-state index in [-0.39, 0.29) is 11.3 Å². The highest BCUT2D eigenvalue weighted by Gasteiger charge is 2.23. The zero-order chi connectivity index (χ0) is 15.7. The summed E-state index contributed by atoms with van der Waals surface area (Å²) in [7, 11) is 0. The molecule has 0 aliphatic carbocycles. The van der Waals surface area contributed by atoms with Crippen molar-refractivity contribution in [2.75, 3.05) is 25.0 Å². The maximum absolute atomic E-state index is 12.1. The average Bonchev–Trinajstić information content (AvgIpc) is 2.91. The van der Waals surface area contributed by atoms with Gasteiger partial charge in [0, 0.05) is 24.2 Å². The Hall–Kier alpha value is -1.92. The topological polar surface area (TPSA) is 76.4 Å². The van der Waals surface area contributed by atoms with E-state index < -0.39 is 6.10 Å². The second kappa shape index (κ2) is 5.70. The maximum Gasteiger partial charge on any atom is 0.254 e. The van der Waals surface area contributed by atoms with Gasteiger partial charge in [0.15, 0.2) is 5.58 Å². The Morgan fingerprint density at radius 3 is 2.91 bits per heavy atom. The molecule has 1 unspecified atom stereocenters. The van der Waals surface area contributed by atoms with E-state index in [0.717, 1.165) is 17.6 Å². The zero-order valence-electron chi connectivity index (χ0n) is 13.1. The Labute approximate surface area is 129 Å². The number of rotatable bonds is 2. The Balaban J connectivity index is 1.78. The van der Waals surface area contributed by atoms with Gasteiger partial charge in [-0.05, 0) is 18.2 Å². The fourth-order valence-electron chi connectivity index (χ4n) is 2.28. The lowest BCUT2D eigenvalue weighted by atomic mass is 9.97. The SMILES string of the molecule is CC(C)(C)c1nc2cc(NC(=O)C3CNCCO3)ccc2o1. The molecule has 1 saturated heterocycles. The zero-order valence-corrected chi connectivity index (χ0v) is 13.1. The second-order valence-electron chi connectivity index (χ2n) is 6.50. The highest BCUT2D eigenvalue weighted by atomic mass is 16.5. The van der Waals surface area contributed by atoms with Gasteiger partial charge in [0.05, 0.1) is 6.61 Å². The van der Waals surface area contributed by atoms with Gasteiger partial charge in [0.2, 0.25) is 5.89 Å². The minimum absolute atomic E-state index is 0.147. The van der Waals surface area contributed by atoms with E-state index in [1.807, 2.05) is 39.0 Å². The lowest BCUT2D eigenvalue weighted by Crippen LogP contribution is -2.45. The fraction of sp³-hybridized carbons (Fsp3) is 0.500. The van der Waals surface area contributed by atoms with Crippen LogP contribution in [-0.2, 0) is 14.9 Å². The average molecular weight is 303 g/mol. The standard InChI is InChI=1S/C16H21N3O3/c1-16(2,3)15-19-11-8-10(4-5-12(11)22-15)18-14(20)13-9-17-6-7-21-13/h4-5,8,13,17H,6-7,9H2,1-3H3,(H,18,20). The molecule has 2 aromatic rings. The molecule has 118 valence electrons. The number of oxazole rings is 1. The molecule has 6 heteroatoms. The number of amides is 1. The van der Waals surface area contributed by atoms with Gasteiger partial charge in [0.25, 0.3) is 5.91 Å². The largest absolute Gasteiger partial charge is 0.440 e. The van der Waals surface area contributed by atoms with Crippen LogP contribution in [0.1, 0.15) is 26.7 Å². The van der Waals surface area contributed by atoms with E-state index in [4.69, 9.17) is 9.15 Å². The Bertz CT molecular complexity index is 681. The number of morpholine rings is 1. The number of aromatic nitrogens is 1. The van der Waals surface area contributed by atoms with E-state index in [1.54, 1.807) is 0 Å². The number of anilines is 1. The predicted octanol–water partition coefficient (Wildman–Crippen LogP) is 2.05. The Morgan fingerprint density at radius 2 is 2.23 bits per heavy atom. The molecule has 1 aliphatic heterocycles. The number of benzene rings is 1. The third kappa shape index (κ3) is 3.13. The van der Waals surface area contributed by atoms with E-state index in [2.05, 4.69) is 15.6 Å². The number of hydrogen-bond donors (Lipinski definition) is 2. The van der Waals surface area contributed by atoms with E-state index in [0.29, 0.717) is 24.7 Å². The molecule has 2 heterocycles. The summed E-state index contributed by atoms with van der Waals surface area (Å²) < 4.78 is 11.2. The van der Waals surface area contributed by atoms with Crippen LogP contribution in [0.5, 0.6) is 0 Å². The second-order valence-corrected chi connectivity index (χ2v) is 6.50. The molecule has 0 radical (unpaired) electrons. The quantitative estimate of drug-likeness (QED) is 0.888. The third-order valence-electron chi connectivity index (χ3n) is 3.52. The number of fused-ring (bicyclic) bond motifs is 1. The lowest BCUT2D eigenvalue weighted by Gasteiger charge is -2.22. The van der Waals surface area contributed by atoms with Crippen molar-refractivity contribution in [1.29, 1.82) is 0 Å². The minimum atomic E-state index is -0.452. The lowest BCUT2D eigenvalue weighted by molar-refractivity contribution is -0.128. The van der Waals surface area contributed by atoms with Crippen molar-refractivity contribution in [1.82, 2.24) is 10.3 Å². The summed E-state index contributed by atoms with van der Waals surface area (Å²) in [5.74, 6) is 0.539. The van der Waals surface area contributed by atoms with Crippen LogP contribution < -0.4 is 10.6 Å². The van der Waals surface area contributed by atoms with Crippen molar-refractivity contribution in [3.8, 4) is 0 Å². The minimum Gasteiger partial charge on any atom is -0.440 e. The van der Waals surface area contributed by atoms with Gasteiger partial charge in [-0.15, -0.1) is 0 Å². The number of nitrogens with zero attached hydrogens (tertiary/aromatic N) is 1. The highest BCUT2D eigenvalue weighted by molar-refractivity contribution is 5.95. The molecule has 1 amide bonds. The van der Waals surface area contributed by atoms with Gasteiger partial charge < -0.3 is 19.8 Å². The Morgan fingerprint density at radius 1 is 1.41 bits per heavy atom. The van der Waals surface area contributed by atoms with Gasteiger partial charge in [-0.25, -0.2) is 4.98 Å². The first-order valence-corrected chi connectivity index (χ1v) is 7.48. The molecule has 1 atom stereocenters. The molecule has 1 fully saturated rings. The first-order valence-electron chi connectivity index (χ1n) is 7.48. The molecule has 0 spiro atoms. The van der Waals surface area contributed by atoms with Gasteiger partial charge in [-0.3, -0.25) is 4.79 Å². The third-order valence-corrected chi connectivity index (χ3v) is 3.52. The highest BCUT2D eigenvalue weighted by Crippen LogP contribution is 2.27. The number of nitrogens with one attached hydrogen (secondary N) is 2. The van der Waals surface area contributed by atoms with Gasteiger partial charge in [-0.2, -0.15) is 0 Å². The van der Waals surface area contributed by atoms with Crippen molar-refractivity contribution in [3.05, 3.63) is 24.1 Å². The van der Waals surface area contributed by atoms with Crippen molar-refractivity contribution in [2.24, 2.45) is 0 Å². The molecular weight excluding hydrogens is 282 g/mol. The van der Waals surface area contributed by atoms with Crippen LogP contribution in [0.25, 0.3) is 11.1 Å². The molecule has 1 aliphatic rings. The summed E-state index contributed by atoms with van der Waals surface area (Å²) in [6, 6.07) is 5.46.